The van der Waals surface area contributed by atoms with Crippen molar-refractivity contribution >= 4 is 0 Å². The number of piperidine rings is 1. The van der Waals surface area contributed by atoms with Gasteiger partial charge in [-0.05, 0) is 30.7 Å². The molecule has 1 aromatic rings. The van der Waals surface area contributed by atoms with Gasteiger partial charge < -0.3 is 15.5 Å². The van der Waals surface area contributed by atoms with Crippen molar-refractivity contribution in [2.45, 2.75) is 18.1 Å². The minimum absolute atomic E-state index is 0.342. The second-order valence-electron chi connectivity index (χ2n) is 3.90. The summed E-state index contributed by atoms with van der Waals surface area (Å²) in [6.45, 7) is 0.999. The standard InChI is InChI=1S/C11H14FNO2/c12-9-3-1-8(2-4-9)11(15)5-6-13-7-10(11)14/h1-4,10,13-15H,5-7H2/t10-,11-/m0/s1. The highest BCUT2D eigenvalue weighted by Crippen LogP contribution is 2.30. The molecular weight excluding hydrogens is 197 g/mol. The molecule has 4 heteroatoms. The molecule has 1 heterocycles. The van der Waals surface area contributed by atoms with Gasteiger partial charge in [-0.25, -0.2) is 4.39 Å². The van der Waals surface area contributed by atoms with Gasteiger partial charge in [-0.2, -0.15) is 0 Å². The van der Waals surface area contributed by atoms with E-state index in [1.54, 1.807) is 0 Å². The molecule has 82 valence electrons. The summed E-state index contributed by atoms with van der Waals surface area (Å²) < 4.78 is 12.7. The quantitative estimate of drug-likeness (QED) is 0.629. The van der Waals surface area contributed by atoms with Crippen molar-refractivity contribution in [3.05, 3.63) is 35.6 Å². The Labute approximate surface area is 87.6 Å². The molecule has 3 nitrogen and oxygen atoms in total. The monoisotopic (exact) mass is 211 g/mol. The Hall–Kier alpha value is -0.970. The number of rotatable bonds is 1. The van der Waals surface area contributed by atoms with Gasteiger partial charge in [0.2, 0.25) is 0 Å². The van der Waals surface area contributed by atoms with E-state index in [-0.39, 0.29) is 5.82 Å². The van der Waals surface area contributed by atoms with E-state index in [4.69, 9.17) is 0 Å². The van der Waals surface area contributed by atoms with Gasteiger partial charge in [0, 0.05) is 6.54 Å². The predicted octanol–water partition coefficient (Wildman–Crippen LogP) is 0.368. The van der Waals surface area contributed by atoms with Gasteiger partial charge in [0.25, 0.3) is 0 Å². The summed E-state index contributed by atoms with van der Waals surface area (Å²) >= 11 is 0. The average Bonchev–Trinajstić information content (AvgIpc) is 2.23. The molecule has 0 bridgehead atoms. The van der Waals surface area contributed by atoms with E-state index in [0.717, 1.165) is 0 Å². The van der Waals surface area contributed by atoms with Crippen LogP contribution in [0.1, 0.15) is 12.0 Å². The molecule has 3 N–H and O–H groups in total. The van der Waals surface area contributed by atoms with Gasteiger partial charge in [0.15, 0.2) is 0 Å². The van der Waals surface area contributed by atoms with Crippen LogP contribution in [0.2, 0.25) is 0 Å². The van der Waals surface area contributed by atoms with E-state index in [1.807, 2.05) is 0 Å². The number of aliphatic hydroxyl groups is 2. The Morgan fingerprint density at radius 3 is 2.60 bits per heavy atom. The lowest BCUT2D eigenvalue weighted by Crippen LogP contribution is -2.51. The molecule has 0 unspecified atom stereocenters. The molecule has 1 fully saturated rings. The number of benzene rings is 1. The highest BCUT2D eigenvalue weighted by molar-refractivity contribution is 5.25. The summed E-state index contributed by atoms with van der Waals surface area (Å²) in [6, 6.07) is 5.62. The molecular formula is C11H14FNO2. The van der Waals surface area contributed by atoms with Crippen molar-refractivity contribution in [3.63, 3.8) is 0 Å². The minimum atomic E-state index is -1.25. The van der Waals surface area contributed by atoms with E-state index in [0.29, 0.717) is 25.1 Å². The molecule has 2 atom stereocenters. The molecule has 1 aliphatic heterocycles. The number of β-amino-alcohol motifs (C(OH)–C–C–N with tert-alkyl or cyclic N) is 1. The third-order valence-corrected chi connectivity index (χ3v) is 2.92. The summed E-state index contributed by atoms with van der Waals surface area (Å²) in [4.78, 5) is 0. The van der Waals surface area contributed by atoms with Crippen LogP contribution in [-0.4, -0.2) is 29.4 Å². The maximum Gasteiger partial charge on any atom is 0.123 e. The molecule has 0 radical (unpaired) electrons. The van der Waals surface area contributed by atoms with Crippen LogP contribution in [0.4, 0.5) is 4.39 Å². The highest BCUT2D eigenvalue weighted by Gasteiger charge is 2.39. The molecule has 2 rings (SSSR count). The average molecular weight is 211 g/mol. The molecule has 1 saturated heterocycles. The van der Waals surface area contributed by atoms with E-state index in [1.165, 1.54) is 24.3 Å². The predicted molar refractivity (Wildman–Crippen MR) is 53.8 cm³/mol. The van der Waals surface area contributed by atoms with Crippen LogP contribution >= 0.6 is 0 Å². The molecule has 1 aliphatic rings. The van der Waals surface area contributed by atoms with Crippen LogP contribution < -0.4 is 5.32 Å². The Balaban J connectivity index is 2.30. The molecule has 0 aromatic heterocycles. The fraction of sp³-hybridized carbons (Fsp3) is 0.455. The second-order valence-corrected chi connectivity index (χ2v) is 3.90. The lowest BCUT2D eigenvalue weighted by atomic mass is 9.83. The first-order chi connectivity index (χ1) is 7.13. The van der Waals surface area contributed by atoms with E-state index < -0.39 is 11.7 Å². The van der Waals surface area contributed by atoms with Gasteiger partial charge in [-0.15, -0.1) is 0 Å². The largest absolute Gasteiger partial charge is 0.388 e. The summed E-state index contributed by atoms with van der Waals surface area (Å²) in [7, 11) is 0. The summed E-state index contributed by atoms with van der Waals surface area (Å²) in [5, 5.41) is 23.0. The van der Waals surface area contributed by atoms with Crippen LogP contribution in [0.3, 0.4) is 0 Å². The van der Waals surface area contributed by atoms with Gasteiger partial charge in [-0.3, -0.25) is 0 Å². The van der Waals surface area contributed by atoms with Crippen molar-refractivity contribution in [1.29, 1.82) is 0 Å². The zero-order valence-electron chi connectivity index (χ0n) is 8.28. The third-order valence-electron chi connectivity index (χ3n) is 2.92. The smallest absolute Gasteiger partial charge is 0.123 e. The van der Waals surface area contributed by atoms with Gasteiger partial charge in [0.05, 0.1) is 6.10 Å². The van der Waals surface area contributed by atoms with Crippen LogP contribution in [0.15, 0.2) is 24.3 Å². The molecule has 0 aliphatic carbocycles. The van der Waals surface area contributed by atoms with Crippen molar-refractivity contribution in [3.8, 4) is 0 Å². The summed E-state index contributed by atoms with van der Waals surface area (Å²) in [5.74, 6) is -0.342. The van der Waals surface area contributed by atoms with Crippen LogP contribution in [0.5, 0.6) is 0 Å². The first kappa shape index (κ1) is 10.5. The number of hydrogen-bond acceptors (Lipinski definition) is 3. The highest BCUT2D eigenvalue weighted by atomic mass is 19.1. The third kappa shape index (κ3) is 1.88. The van der Waals surface area contributed by atoms with Crippen LogP contribution in [0.25, 0.3) is 0 Å². The van der Waals surface area contributed by atoms with Gasteiger partial charge in [0.1, 0.15) is 11.4 Å². The van der Waals surface area contributed by atoms with Crippen LogP contribution in [-0.2, 0) is 5.60 Å². The van der Waals surface area contributed by atoms with Crippen molar-refractivity contribution in [1.82, 2.24) is 5.32 Å². The lowest BCUT2D eigenvalue weighted by Gasteiger charge is -2.37. The fourth-order valence-corrected chi connectivity index (χ4v) is 1.93. The molecule has 1 aromatic carbocycles. The van der Waals surface area contributed by atoms with Gasteiger partial charge in [-0.1, -0.05) is 12.1 Å². The Bertz CT molecular complexity index is 341. The zero-order valence-corrected chi connectivity index (χ0v) is 8.28. The SMILES string of the molecule is O[C@H]1CNCC[C@]1(O)c1ccc(F)cc1. The van der Waals surface area contributed by atoms with Gasteiger partial charge >= 0.3 is 0 Å². The molecule has 0 amide bonds. The van der Waals surface area contributed by atoms with E-state index >= 15 is 0 Å². The number of aliphatic hydroxyl groups excluding tert-OH is 1. The summed E-state index contributed by atoms with van der Waals surface area (Å²) in [5.41, 5.74) is -0.684. The van der Waals surface area contributed by atoms with E-state index in [2.05, 4.69) is 5.32 Å². The normalized spacial score (nSPS) is 31.5. The Morgan fingerprint density at radius 1 is 1.33 bits per heavy atom. The maximum absolute atomic E-state index is 12.7. The van der Waals surface area contributed by atoms with Crippen molar-refractivity contribution in [2.24, 2.45) is 0 Å². The molecule has 15 heavy (non-hydrogen) atoms. The minimum Gasteiger partial charge on any atom is -0.388 e. The molecule has 0 spiro atoms. The number of halogens is 1. The first-order valence-electron chi connectivity index (χ1n) is 5.00. The van der Waals surface area contributed by atoms with Crippen molar-refractivity contribution < 1.29 is 14.6 Å². The topological polar surface area (TPSA) is 52.5 Å². The zero-order chi connectivity index (χ0) is 10.9. The summed E-state index contributed by atoms with van der Waals surface area (Å²) in [6.07, 6.45) is -0.420. The lowest BCUT2D eigenvalue weighted by molar-refractivity contribution is -0.0977. The Morgan fingerprint density at radius 2 is 2.00 bits per heavy atom. The number of hydrogen-bond donors (Lipinski definition) is 3. The first-order valence-corrected chi connectivity index (χ1v) is 5.00. The maximum atomic E-state index is 12.7. The van der Waals surface area contributed by atoms with Crippen molar-refractivity contribution in [2.75, 3.05) is 13.1 Å². The number of nitrogens with one attached hydrogen (secondary N) is 1. The fourth-order valence-electron chi connectivity index (χ4n) is 1.93. The Kier molecular flexibility index (Phi) is 2.73. The molecule has 0 saturated carbocycles. The van der Waals surface area contributed by atoms with Crippen LogP contribution in [0, 0.1) is 5.82 Å². The second kappa shape index (κ2) is 3.89. The van der Waals surface area contributed by atoms with E-state index in [9.17, 15) is 14.6 Å².